The van der Waals surface area contributed by atoms with Crippen LogP contribution in [-0.2, 0) is 12.0 Å². The number of aromatic hydroxyl groups is 1. The van der Waals surface area contributed by atoms with Crippen molar-refractivity contribution in [2.75, 3.05) is 13.3 Å². The van der Waals surface area contributed by atoms with E-state index in [4.69, 9.17) is 4.74 Å². The molecule has 19 heavy (non-hydrogen) atoms. The fraction of sp³-hybridized carbons (Fsp3) is 0.625. The fourth-order valence-corrected chi connectivity index (χ4v) is 2.44. The van der Waals surface area contributed by atoms with E-state index in [-0.39, 0.29) is 5.41 Å². The summed E-state index contributed by atoms with van der Waals surface area (Å²) in [6, 6.07) is 3.87. The van der Waals surface area contributed by atoms with Gasteiger partial charge in [-0.2, -0.15) is 0 Å². The van der Waals surface area contributed by atoms with Crippen LogP contribution < -0.4 is 4.74 Å². The number of hydrogen-bond acceptors (Lipinski definition) is 3. The summed E-state index contributed by atoms with van der Waals surface area (Å²) in [4.78, 5) is 2.28. The molecular formula is C16H25NO2. The predicted molar refractivity (Wildman–Crippen MR) is 77.6 cm³/mol. The van der Waals surface area contributed by atoms with Crippen molar-refractivity contribution in [3.8, 4) is 11.5 Å². The van der Waals surface area contributed by atoms with Crippen LogP contribution in [0.25, 0.3) is 0 Å². The third-order valence-electron chi connectivity index (χ3n) is 3.61. The zero-order valence-electron chi connectivity index (χ0n) is 12.5. The second-order valence-corrected chi connectivity index (χ2v) is 6.41. The van der Waals surface area contributed by atoms with Gasteiger partial charge in [-0.15, -0.1) is 0 Å². The number of phenolic OH excluding ortho intramolecular Hbond substituents is 1. The molecule has 1 aromatic carbocycles. The SMILES string of the molecule is CCCCN1COc2cc(C(C)(C)C)c(O)cc2C1. The van der Waals surface area contributed by atoms with Crippen molar-refractivity contribution in [2.45, 2.75) is 52.5 Å². The molecule has 0 saturated carbocycles. The first kappa shape index (κ1) is 14.2. The van der Waals surface area contributed by atoms with E-state index in [2.05, 4.69) is 32.6 Å². The van der Waals surface area contributed by atoms with Crippen molar-refractivity contribution in [3.05, 3.63) is 23.3 Å². The molecular weight excluding hydrogens is 238 g/mol. The molecule has 0 aliphatic carbocycles. The average Bonchev–Trinajstić information content (AvgIpc) is 2.33. The number of fused-ring (bicyclic) bond motifs is 1. The van der Waals surface area contributed by atoms with Gasteiger partial charge in [-0.3, -0.25) is 4.90 Å². The van der Waals surface area contributed by atoms with E-state index in [9.17, 15) is 5.11 Å². The molecule has 1 N–H and O–H groups in total. The maximum absolute atomic E-state index is 10.2. The number of ether oxygens (including phenoxy) is 1. The monoisotopic (exact) mass is 263 g/mol. The minimum absolute atomic E-state index is 0.0676. The van der Waals surface area contributed by atoms with Gasteiger partial charge in [0, 0.05) is 24.2 Å². The molecule has 0 bridgehead atoms. The van der Waals surface area contributed by atoms with E-state index in [1.807, 2.05) is 12.1 Å². The highest BCUT2D eigenvalue weighted by molar-refractivity contribution is 5.49. The van der Waals surface area contributed by atoms with Gasteiger partial charge in [0.25, 0.3) is 0 Å². The molecule has 1 aliphatic heterocycles. The zero-order valence-corrected chi connectivity index (χ0v) is 12.5. The molecule has 0 saturated heterocycles. The Bertz CT molecular complexity index is 449. The predicted octanol–water partition coefficient (Wildman–Crippen LogP) is 3.64. The summed E-state index contributed by atoms with van der Waals surface area (Å²) in [6.07, 6.45) is 2.38. The van der Waals surface area contributed by atoms with E-state index < -0.39 is 0 Å². The Morgan fingerprint density at radius 2 is 2.05 bits per heavy atom. The van der Waals surface area contributed by atoms with E-state index in [1.54, 1.807) is 0 Å². The van der Waals surface area contributed by atoms with Gasteiger partial charge in [-0.25, -0.2) is 0 Å². The molecule has 0 amide bonds. The van der Waals surface area contributed by atoms with Gasteiger partial charge in [-0.05, 0) is 24.0 Å². The van der Waals surface area contributed by atoms with Crippen molar-refractivity contribution in [1.29, 1.82) is 0 Å². The van der Waals surface area contributed by atoms with E-state index in [1.165, 1.54) is 12.8 Å². The minimum atomic E-state index is -0.0676. The van der Waals surface area contributed by atoms with Crippen molar-refractivity contribution in [2.24, 2.45) is 0 Å². The highest BCUT2D eigenvalue weighted by atomic mass is 16.5. The van der Waals surface area contributed by atoms with Crippen LogP contribution in [0.4, 0.5) is 0 Å². The maximum Gasteiger partial charge on any atom is 0.142 e. The van der Waals surface area contributed by atoms with Crippen LogP contribution in [0.3, 0.4) is 0 Å². The average molecular weight is 263 g/mol. The molecule has 1 aromatic rings. The standard InChI is InChI=1S/C16H25NO2/c1-5-6-7-17-10-12-8-14(18)13(16(2,3)4)9-15(12)19-11-17/h8-9,18H,5-7,10-11H2,1-4H3. The lowest BCUT2D eigenvalue weighted by atomic mass is 9.85. The van der Waals surface area contributed by atoms with Gasteiger partial charge < -0.3 is 9.84 Å². The largest absolute Gasteiger partial charge is 0.508 e. The first-order valence-corrected chi connectivity index (χ1v) is 7.13. The third kappa shape index (κ3) is 3.21. The second kappa shape index (κ2) is 5.41. The molecule has 3 heteroatoms. The van der Waals surface area contributed by atoms with Gasteiger partial charge in [0.05, 0.1) is 0 Å². The van der Waals surface area contributed by atoms with E-state index >= 15 is 0 Å². The molecule has 0 unspecified atom stereocenters. The lowest BCUT2D eigenvalue weighted by Crippen LogP contribution is -2.33. The molecule has 0 spiro atoms. The van der Waals surface area contributed by atoms with Crippen LogP contribution >= 0.6 is 0 Å². The van der Waals surface area contributed by atoms with Crippen molar-refractivity contribution in [1.82, 2.24) is 4.90 Å². The molecule has 1 aliphatic rings. The van der Waals surface area contributed by atoms with Gasteiger partial charge in [0.15, 0.2) is 0 Å². The summed E-state index contributed by atoms with van der Waals surface area (Å²) < 4.78 is 5.84. The molecule has 0 radical (unpaired) electrons. The number of phenols is 1. The number of nitrogens with zero attached hydrogens (tertiary/aromatic N) is 1. The van der Waals surface area contributed by atoms with Gasteiger partial charge in [-0.1, -0.05) is 34.1 Å². The van der Waals surface area contributed by atoms with E-state index in [0.29, 0.717) is 12.5 Å². The number of hydrogen-bond donors (Lipinski definition) is 1. The third-order valence-corrected chi connectivity index (χ3v) is 3.61. The van der Waals surface area contributed by atoms with Crippen LogP contribution in [0, 0.1) is 0 Å². The molecule has 3 nitrogen and oxygen atoms in total. The van der Waals surface area contributed by atoms with Crippen molar-refractivity contribution >= 4 is 0 Å². The molecule has 2 rings (SSSR count). The first-order chi connectivity index (χ1) is 8.91. The van der Waals surface area contributed by atoms with Crippen molar-refractivity contribution in [3.63, 3.8) is 0 Å². The quantitative estimate of drug-likeness (QED) is 0.903. The zero-order chi connectivity index (χ0) is 14.0. The Morgan fingerprint density at radius 1 is 1.32 bits per heavy atom. The number of rotatable bonds is 3. The Hall–Kier alpha value is -1.22. The van der Waals surface area contributed by atoms with Gasteiger partial charge in [0.1, 0.15) is 18.2 Å². The Morgan fingerprint density at radius 3 is 2.68 bits per heavy atom. The molecule has 0 atom stereocenters. The van der Waals surface area contributed by atoms with Crippen LogP contribution in [-0.4, -0.2) is 23.3 Å². The normalized spacial score (nSPS) is 16.0. The summed E-state index contributed by atoms with van der Waals surface area (Å²) in [7, 11) is 0. The topological polar surface area (TPSA) is 32.7 Å². The molecule has 106 valence electrons. The Labute approximate surface area is 116 Å². The molecule has 0 aromatic heterocycles. The minimum Gasteiger partial charge on any atom is -0.508 e. The summed E-state index contributed by atoms with van der Waals surface area (Å²) in [5.41, 5.74) is 1.98. The van der Waals surface area contributed by atoms with Gasteiger partial charge >= 0.3 is 0 Å². The maximum atomic E-state index is 10.2. The summed E-state index contributed by atoms with van der Waals surface area (Å²) in [6.45, 7) is 11.1. The van der Waals surface area contributed by atoms with Crippen LogP contribution in [0.15, 0.2) is 12.1 Å². The molecule has 0 fully saturated rings. The highest BCUT2D eigenvalue weighted by Crippen LogP contribution is 2.37. The first-order valence-electron chi connectivity index (χ1n) is 7.13. The summed E-state index contributed by atoms with van der Waals surface area (Å²) in [5, 5.41) is 10.2. The van der Waals surface area contributed by atoms with Crippen LogP contribution in [0.5, 0.6) is 11.5 Å². The van der Waals surface area contributed by atoms with Gasteiger partial charge in [0.2, 0.25) is 0 Å². The summed E-state index contributed by atoms with van der Waals surface area (Å²) in [5.74, 6) is 1.31. The summed E-state index contributed by atoms with van der Waals surface area (Å²) >= 11 is 0. The second-order valence-electron chi connectivity index (χ2n) is 6.41. The van der Waals surface area contributed by atoms with Crippen LogP contribution in [0.1, 0.15) is 51.7 Å². The molecule has 1 heterocycles. The fourth-order valence-electron chi connectivity index (χ4n) is 2.44. The number of benzene rings is 1. The van der Waals surface area contributed by atoms with Crippen molar-refractivity contribution < 1.29 is 9.84 Å². The number of unbranched alkanes of at least 4 members (excludes halogenated alkanes) is 1. The smallest absolute Gasteiger partial charge is 0.142 e. The lowest BCUT2D eigenvalue weighted by Gasteiger charge is -2.31. The Balaban J connectivity index is 2.21. The highest BCUT2D eigenvalue weighted by Gasteiger charge is 2.24. The Kier molecular flexibility index (Phi) is 4.04. The van der Waals surface area contributed by atoms with Crippen LogP contribution in [0.2, 0.25) is 0 Å². The van der Waals surface area contributed by atoms with E-state index in [0.717, 1.165) is 30.0 Å². The lowest BCUT2D eigenvalue weighted by molar-refractivity contribution is 0.0936.